The van der Waals surface area contributed by atoms with Crippen LogP contribution < -0.4 is 11.1 Å². The second-order valence-electron chi connectivity index (χ2n) is 4.41. The molecule has 0 saturated carbocycles. The monoisotopic (exact) mass is 315 g/mol. The second-order valence-corrected chi connectivity index (χ2v) is 6.46. The van der Waals surface area contributed by atoms with E-state index >= 15 is 0 Å². The molecule has 1 aromatic heterocycles. The van der Waals surface area contributed by atoms with Crippen LogP contribution in [0.15, 0.2) is 12.1 Å². The highest BCUT2D eigenvalue weighted by molar-refractivity contribution is 7.11. The second kappa shape index (κ2) is 5.57. The lowest BCUT2D eigenvalue weighted by Gasteiger charge is -2.17. The Bertz CT molecular complexity index is 587. The first-order valence-corrected chi connectivity index (χ1v) is 7.40. The molecule has 1 aromatic carbocycles. The van der Waals surface area contributed by atoms with Gasteiger partial charge >= 0.3 is 0 Å². The number of nitrogen functional groups attached to an aromatic ring is 1. The van der Waals surface area contributed by atoms with Gasteiger partial charge in [0, 0.05) is 10.6 Å². The van der Waals surface area contributed by atoms with Gasteiger partial charge in [0.05, 0.1) is 32.5 Å². The van der Waals surface area contributed by atoms with Crippen molar-refractivity contribution in [3.8, 4) is 0 Å². The highest BCUT2D eigenvalue weighted by atomic mass is 35.5. The Labute approximate surface area is 126 Å². The van der Waals surface area contributed by atoms with Crippen LogP contribution >= 0.6 is 34.5 Å². The van der Waals surface area contributed by atoms with E-state index in [1.165, 1.54) is 4.88 Å². The van der Waals surface area contributed by atoms with E-state index in [9.17, 15) is 0 Å². The van der Waals surface area contributed by atoms with E-state index in [1.54, 1.807) is 23.5 Å². The third-order valence-corrected chi connectivity index (χ3v) is 4.61. The van der Waals surface area contributed by atoms with Crippen LogP contribution in [0.1, 0.15) is 28.5 Å². The minimum atomic E-state index is 0.0878. The molecule has 3 nitrogen and oxygen atoms in total. The zero-order chi connectivity index (χ0) is 14.2. The van der Waals surface area contributed by atoms with E-state index in [1.807, 2.05) is 13.8 Å². The number of hydrogen-bond acceptors (Lipinski definition) is 4. The van der Waals surface area contributed by atoms with Gasteiger partial charge in [0.2, 0.25) is 0 Å². The first-order valence-electron chi connectivity index (χ1n) is 5.83. The fourth-order valence-corrected chi connectivity index (χ4v) is 3.50. The standard InChI is InChI=1S/C13H15Cl2N3S/c1-6-13(19-8(3)17-6)7(2)18-12-10(14)4-9(16)5-11(12)15/h4-5,7,18H,16H2,1-3H3. The fraction of sp³-hybridized carbons (Fsp3) is 0.308. The molecule has 0 aliphatic rings. The zero-order valence-electron chi connectivity index (χ0n) is 10.9. The predicted molar refractivity (Wildman–Crippen MR) is 84.5 cm³/mol. The summed E-state index contributed by atoms with van der Waals surface area (Å²) in [6.45, 7) is 6.06. The first kappa shape index (κ1) is 14.4. The third kappa shape index (κ3) is 3.14. The maximum absolute atomic E-state index is 6.17. The Morgan fingerprint density at radius 2 is 1.84 bits per heavy atom. The number of benzene rings is 1. The molecule has 19 heavy (non-hydrogen) atoms. The molecule has 0 fully saturated rings. The normalized spacial score (nSPS) is 12.5. The van der Waals surface area contributed by atoms with Crippen molar-refractivity contribution in [2.45, 2.75) is 26.8 Å². The van der Waals surface area contributed by atoms with E-state index in [4.69, 9.17) is 28.9 Å². The molecule has 0 amide bonds. The van der Waals surface area contributed by atoms with Gasteiger partial charge in [0.25, 0.3) is 0 Å². The number of nitrogens with one attached hydrogen (secondary N) is 1. The number of thiazole rings is 1. The van der Waals surface area contributed by atoms with Crippen LogP contribution in [-0.4, -0.2) is 4.98 Å². The molecule has 0 aliphatic heterocycles. The Morgan fingerprint density at radius 1 is 1.26 bits per heavy atom. The summed E-state index contributed by atoms with van der Waals surface area (Å²) in [6.07, 6.45) is 0. The summed E-state index contributed by atoms with van der Waals surface area (Å²) in [4.78, 5) is 5.61. The lowest BCUT2D eigenvalue weighted by Crippen LogP contribution is -2.07. The summed E-state index contributed by atoms with van der Waals surface area (Å²) >= 11 is 14.0. The SMILES string of the molecule is Cc1nc(C)c(C(C)Nc2c(Cl)cc(N)cc2Cl)s1. The maximum Gasteiger partial charge on any atom is 0.0900 e. The van der Waals surface area contributed by atoms with Crippen LogP contribution in [0.3, 0.4) is 0 Å². The van der Waals surface area contributed by atoms with Gasteiger partial charge in [-0.05, 0) is 32.9 Å². The molecule has 2 aromatic rings. The van der Waals surface area contributed by atoms with E-state index in [2.05, 4.69) is 17.2 Å². The van der Waals surface area contributed by atoms with E-state index < -0.39 is 0 Å². The Kier molecular flexibility index (Phi) is 4.23. The highest BCUT2D eigenvalue weighted by Gasteiger charge is 2.16. The van der Waals surface area contributed by atoms with Gasteiger partial charge in [0.15, 0.2) is 0 Å². The van der Waals surface area contributed by atoms with Crippen LogP contribution in [0.2, 0.25) is 10.0 Å². The molecule has 102 valence electrons. The van der Waals surface area contributed by atoms with Gasteiger partial charge in [-0.25, -0.2) is 4.98 Å². The molecule has 1 unspecified atom stereocenters. The van der Waals surface area contributed by atoms with Gasteiger partial charge in [-0.3, -0.25) is 0 Å². The third-order valence-electron chi connectivity index (χ3n) is 2.76. The summed E-state index contributed by atoms with van der Waals surface area (Å²) in [5.41, 5.74) is 7.98. The molecule has 3 N–H and O–H groups in total. The first-order chi connectivity index (χ1) is 8.88. The molecular formula is C13H15Cl2N3S. The molecule has 0 spiro atoms. The van der Waals surface area contributed by atoms with Crippen molar-refractivity contribution in [1.29, 1.82) is 0 Å². The van der Waals surface area contributed by atoms with Gasteiger partial charge < -0.3 is 11.1 Å². The molecule has 6 heteroatoms. The number of nitrogens with zero attached hydrogens (tertiary/aromatic N) is 1. The summed E-state index contributed by atoms with van der Waals surface area (Å²) in [5.74, 6) is 0. The van der Waals surface area contributed by atoms with Crippen LogP contribution in [0, 0.1) is 13.8 Å². The number of nitrogens with two attached hydrogens (primary N) is 1. The highest BCUT2D eigenvalue weighted by Crippen LogP contribution is 2.36. The predicted octanol–water partition coefficient (Wildman–Crippen LogP) is 4.82. The smallest absolute Gasteiger partial charge is 0.0900 e. The minimum absolute atomic E-state index is 0.0878. The number of anilines is 2. The lowest BCUT2D eigenvalue weighted by atomic mass is 10.2. The minimum Gasteiger partial charge on any atom is -0.399 e. The van der Waals surface area contributed by atoms with Crippen molar-refractivity contribution < 1.29 is 0 Å². The number of hydrogen-bond donors (Lipinski definition) is 2. The van der Waals surface area contributed by atoms with E-state index in [0.29, 0.717) is 21.4 Å². The van der Waals surface area contributed by atoms with Crippen molar-refractivity contribution >= 4 is 45.9 Å². The summed E-state index contributed by atoms with van der Waals surface area (Å²) in [5, 5.41) is 5.43. The van der Waals surface area contributed by atoms with Crippen molar-refractivity contribution in [2.24, 2.45) is 0 Å². The molecule has 0 bridgehead atoms. The Balaban J connectivity index is 2.29. The van der Waals surface area contributed by atoms with Crippen molar-refractivity contribution in [3.63, 3.8) is 0 Å². The van der Waals surface area contributed by atoms with Crippen LogP contribution in [-0.2, 0) is 0 Å². The Hall–Kier alpha value is -0.970. The maximum atomic E-state index is 6.17. The molecule has 1 heterocycles. The van der Waals surface area contributed by atoms with Gasteiger partial charge in [-0.15, -0.1) is 11.3 Å². The number of rotatable bonds is 3. The fourth-order valence-electron chi connectivity index (χ4n) is 1.96. The molecule has 0 saturated heterocycles. The lowest BCUT2D eigenvalue weighted by molar-refractivity contribution is 0.890. The number of halogens is 2. The molecular weight excluding hydrogens is 301 g/mol. The molecule has 2 rings (SSSR count). The van der Waals surface area contributed by atoms with Crippen molar-refractivity contribution in [1.82, 2.24) is 4.98 Å². The summed E-state index contributed by atoms with van der Waals surface area (Å²) in [7, 11) is 0. The quantitative estimate of drug-likeness (QED) is 0.798. The van der Waals surface area contributed by atoms with Gasteiger partial charge in [-0.1, -0.05) is 23.2 Å². The zero-order valence-corrected chi connectivity index (χ0v) is 13.2. The number of aromatic nitrogens is 1. The molecule has 0 radical (unpaired) electrons. The number of aryl methyl sites for hydroxylation is 2. The van der Waals surface area contributed by atoms with Crippen molar-refractivity contribution in [3.05, 3.63) is 37.8 Å². The average molecular weight is 316 g/mol. The molecule has 1 atom stereocenters. The van der Waals surface area contributed by atoms with Crippen LogP contribution in [0.25, 0.3) is 0 Å². The van der Waals surface area contributed by atoms with Gasteiger partial charge in [0.1, 0.15) is 0 Å². The van der Waals surface area contributed by atoms with E-state index in [-0.39, 0.29) is 6.04 Å². The van der Waals surface area contributed by atoms with Crippen molar-refractivity contribution in [2.75, 3.05) is 11.1 Å². The average Bonchev–Trinajstić information content (AvgIpc) is 2.62. The van der Waals surface area contributed by atoms with Crippen LogP contribution in [0.5, 0.6) is 0 Å². The van der Waals surface area contributed by atoms with Gasteiger partial charge in [-0.2, -0.15) is 0 Å². The summed E-state index contributed by atoms with van der Waals surface area (Å²) < 4.78 is 0. The topological polar surface area (TPSA) is 50.9 Å². The molecule has 0 aliphatic carbocycles. The Morgan fingerprint density at radius 3 is 2.32 bits per heavy atom. The largest absolute Gasteiger partial charge is 0.399 e. The van der Waals surface area contributed by atoms with Crippen LogP contribution in [0.4, 0.5) is 11.4 Å². The summed E-state index contributed by atoms with van der Waals surface area (Å²) in [6, 6.07) is 3.46. The van der Waals surface area contributed by atoms with E-state index in [0.717, 1.165) is 10.7 Å².